The van der Waals surface area contributed by atoms with Gasteiger partial charge in [0.25, 0.3) is 5.79 Å². The molecule has 1 saturated heterocycles. The summed E-state index contributed by atoms with van der Waals surface area (Å²) in [6.45, 7) is 3.36. The van der Waals surface area contributed by atoms with Crippen molar-refractivity contribution in [1.29, 1.82) is 0 Å². The highest BCUT2D eigenvalue weighted by atomic mass is 16.7. The lowest BCUT2D eigenvalue weighted by Crippen LogP contribution is -2.47. The van der Waals surface area contributed by atoms with Crippen LogP contribution in [-0.4, -0.2) is 34.6 Å². The van der Waals surface area contributed by atoms with Crippen LogP contribution < -0.4 is 0 Å². The second kappa shape index (κ2) is 6.72. The van der Waals surface area contributed by atoms with E-state index < -0.39 is 11.8 Å². The summed E-state index contributed by atoms with van der Waals surface area (Å²) in [4.78, 5) is 11.0. The smallest absolute Gasteiger partial charge is 0.364 e. The van der Waals surface area contributed by atoms with Crippen LogP contribution in [0, 0.1) is 5.92 Å². The molecule has 3 rings (SSSR count). The molecule has 5 heteroatoms. The number of carboxylic acids is 1. The van der Waals surface area contributed by atoms with Gasteiger partial charge >= 0.3 is 5.97 Å². The van der Waals surface area contributed by atoms with Gasteiger partial charge in [-0.3, -0.25) is 0 Å². The summed E-state index contributed by atoms with van der Waals surface area (Å²) in [5.41, 5.74) is 1.27. The lowest BCUT2D eigenvalue weighted by molar-refractivity contribution is -0.271. The summed E-state index contributed by atoms with van der Waals surface area (Å²) in [5.74, 6) is -2.25. The number of nitrogens with zero attached hydrogens (tertiary/aromatic N) is 1. The van der Waals surface area contributed by atoms with E-state index in [1.807, 2.05) is 0 Å². The second-order valence-corrected chi connectivity index (χ2v) is 6.30. The Morgan fingerprint density at radius 3 is 2.74 bits per heavy atom. The molecule has 1 fully saturated rings. The van der Waals surface area contributed by atoms with Crippen molar-refractivity contribution < 1.29 is 19.4 Å². The van der Waals surface area contributed by atoms with Crippen LogP contribution in [0.15, 0.2) is 36.5 Å². The third kappa shape index (κ3) is 3.57. The molecule has 0 aliphatic carbocycles. The molecule has 1 aromatic heterocycles. The molecule has 124 valence electrons. The maximum atomic E-state index is 11.0. The quantitative estimate of drug-likeness (QED) is 0.831. The van der Waals surface area contributed by atoms with Gasteiger partial charge in [0.1, 0.15) is 0 Å². The lowest BCUT2D eigenvalue weighted by Gasteiger charge is -2.34. The highest BCUT2D eigenvalue weighted by Gasteiger charge is 2.40. The van der Waals surface area contributed by atoms with Crippen LogP contribution >= 0.6 is 0 Å². The molecule has 1 aliphatic rings. The van der Waals surface area contributed by atoms with Crippen LogP contribution in [0.5, 0.6) is 0 Å². The SMILES string of the molecule is CC1(C(=O)O)OCC(CCCCn2ccc3ccccc32)CO1. The van der Waals surface area contributed by atoms with Crippen molar-refractivity contribution in [2.45, 2.75) is 38.5 Å². The van der Waals surface area contributed by atoms with Crippen LogP contribution in [0.3, 0.4) is 0 Å². The summed E-state index contributed by atoms with van der Waals surface area (Å²) >= 11 is 0. The van der Waals surface area contributed by atoms with Crippen molar-refractivity contribution in [3.05, 3.63) is 36.5 Å². The zero-order valence-corrected chi connectivity index (χ0v) is 13.4. The Balaban J connectivity index is 1.42. The van der Waals surface area contributed by atoms with Gasteiger partial charge in [0.05, 0.1) is 13.2 Å². The van der Waals surface area contributed by atoms with E-state index in [0.717, 1.165) is 25.8 Å². The van der Waals surface area contributed by atoms with Crippen LogP contribution in [0.25, 0.3) is 10.9 Å². The first-order chi connectivity index (χ1) is 11.1. The Labute approximate surface area is 135 Å². The molecule has 0 amide bonds. The lowest BCUT2D eigenvalue weighted by atomic mass is 10.0. The maximum Gasteiger partial charge on any atom is 0.364 e. The molecule has 0 saturated carbocycles. The molecule has 2 heterocycles. The van der Waals surface area contributed by atoms with E-state index in [1.165, 1.54) is 17.8 Å². The van der Waals surface area contributed by atoms with Gasteiger partial charge < -0.3 is 19.1 Å². The van der Waals surface area contributed by atoms with Crippen molar-refractivity contribution in [2.75, 3.05) is 13.2 Å². The molecule has 1 aromatic carbocycles. The predicted octanol–water partition coefficient (Wildman–Crippen LogP) is 3.28. The standard InChI is InChI=1S/C18H23NO4/c1-18(17(20)21)22-12-14(13-23-18)6-4-5-10-19-11-9-15-7-2-3-8-16(15)19/h2-3,7-9,11,14H,4-6,10,12-13H2,1H3,(H,20,21). The normalized spacial score (nSPS) is 24.8. The minimum absolute atomic E-state index is 0.281. The average Bonchev–Trinajstić information content (AvgIpc) is 2.96. The number of aryl methyl sites for hydroxylation is 1. The van der Waals surface area contributed by atoms with Crippen LogP contribution in [0.1, 0.15) is 26.2 Å². The van der Waals surface area contributed by atoms with Crippen LogP contribution in [0.4, 0.5) is 0 Å². The van der Waals surface area contributed by atoms with E-state index in [0.29, 0.717) is 13.2 Å². The molecule has 0 spiro atoms. The number of rotatable bonds is 6. The molecule has 5 nitrogen and oxygen atoms in total. The summed E-state index contributed by atoms with van der Waals surface area (Å²) in [6, 6.07) is 10.5. The van der Waals surface area contributed by atoms with Gasteiger partial charge in [-0.1, -0.05) is 24.6 Å². The fourth-order valence-corrected chi connectivity index (χ4v) is 2.98. The highest BCUT2D eigenvalue weighted by molar-refractivity contribution is 5.79. The van der Waals surface area contributed by atoms with Gasteiger partial charge in [-0.2, -0.15) is 0 Å². The Hall–Kier alpha value is -1.85. The number of carboxylic acid groups (broad SMARTS) is 1. The Bertz CT molecular complexity index is 670. The molecule has 0 atom stereocenters. The number of para-hydroxylation sites is 1. The number of aromatic nitrogens is 1. The highest BCUT2D eigenvalue weighted by Crippen LogP contribution is 2.25. The first-order valence-corrected chi connectivity index (χ1v) is 8.14. The molecule has 23 heavy (non-hydrogen) atoms. The topological polar surface area (TPSA) is 60.7 Å². The first-order valence-electron chi connectivity index (χ1n) is 8.14. The number of carbonyl (C=O) groups is 1. The second-order valence-electron chi connectivity index (χ2n) is 6.30. The minimum atomic E-state index is -1.47. The monoisotopic (exact) mass is 317 g/mol. The fourth-order valence-electron chi connectivity index (χ4n) is 2.98. The Kier molecular flexibility index (Phi) is 4.68. The molecule has 1 N–H and O–H groups in total. The third-order valence-corrected chi connectivity index (χ3v) is 4.52. The maximum absolute atomic E-state index is 11.0. The van der Waals surface area contributed by atoms with Gasteiger partial charge in [0, 0.05) is 31.1 Å². The van der Waals surface area contributed by atoms with E-state index in [2.05, 4.69) is 41.1 Å². The van der Waals surface area contributed by atoms with Crippen molar-refractivity contribution in [2.24, 2.45) is 5.92 Å². The molecule has 0 unspecified atom stereocenters. The summed E-state index contributed by atoms with van der Waals surface area (Å²) in [7, 11) is 0. The number of aliphatic carboxylic acids is 1. The number of hydrogen-bond acceptors (Lipinski definition) is 3. The van der Waals surface area contributed by atoms with Crippen molar-refractivity contribution in [1.82, 2.24) is 4.57 Å². The van der Waals surface area contributed by atoms with Crippen molar-refractivity contribution in [3.8, 4) is 0 Å². The molecule has 0 radical (unpaired) electrons. The van der Waals surface area contributed by atoms with Crippen LogP contribution in [0.2, 0.25) is 0 Å². The zero-order chi connectivity index (χ0) is 16.3. The van der Waals surface area contributed by atoms with Crippen molar-refractivity contribution >= 4 is 16.9 Å². The predicted molar refractivity (Wildman–Crippen MR) is 87.2 cm³/mol. The van der Waals surface area contributed by atoms with Gasteiger partial charge in [0.2, 0.25) is 0 Å². The first kappa shape index (κ1) is 16.0. The Morgan fingerprint density at radius 2 is 2.00 bits per heavy atom. The fraction of sp³-hybridized carbons (Fsp3) is 0.500. The average molecular weight is 317 g/mol. The summed E-state index contributed by atoms with van der Waals surface area (Å²) in [5, 5.41) is 10.3. The Morgan fingerprint density at radius 1 is 1.26 bits per heavy atom. The van der Waals surface area contributed by atoms with Crippen LogP contribution in [-0.2, 0) is 20.8 Å². The van der Waals surface area contributed by atoms with Gasteiger partial charge in [-0.15, -0.1) is 0 Å². The van der Waals surface area contributed by atoms with Gasteiger partial charge in [0.15, 0.2) is 0 Å². The molecule has 2 aromatic rings. The zero-order valence-electron chi connectivity index (χ0n) is 13.4. The van der Waals surface area contributed by atoms with Crippen molar-refractivity contribution in [3.63, 3.8) is 0 Å². The summed E-state index contributed by atoms with van der Waals surface area (Å²) in [6.07, 6.45) is 5.30. The molecule has 0 bridgehead atoms. The third-order valence-electron chi connectivity index (χ3n) is 4.52. The number of fused-ring (bicyclic) bond motifs is 1. The molecular formula is C18H23NO4. The van der Waals surface area contributed by atoms with E-state index >= 15 is 0 Å². The van der Waals surface area contributed by atoms with E-state index in [1.54, 1.807) is 0 Å². The number of benzene rings is 1. The van der Waals surface area contributed by atoms with E-state index in [-0.39, 0.29) is 5.92 Å². The minimum Gasteiger partial charge on any atom is -0.477 e. The molecular weight excluding hydrogens is 294 g/mol. The number of unbranched alkanes of at least 4 members (excludes halogenated alkanes) is 1. The van der Waals surface area contributed by atoms with E-state index in [9.17, 15) is 4.79 Å². The summed E-state index contributed by atoms with van der Waals surface area (Å²) < 4.78 is 13.0. The number of hydrogen-bond donors (Lipinski definition) is 1. The largest absolute Gasteiger partial charge is 0.477 e. The number of ether oxygens (including phenoxy) is 2. The van der Waals surface area contributed by atoms with E-state index in [4.69, 9.17) is 14.6 Å². The van der Waals surface area contributed by atoms with Gasteiger partial charge in [-0.25, -0.2) is 4.79 Å². The molecule has 1 aliphatic heterocycles. The van der Waals surface area contributed by atoms with Gasteiger partial charge in [-0.05, 0) is 30.4 Å².